The van der Waals surface area contributed by atoms with Crippen molar-refractivity contribution in [1.29, 1.82) is 0 Å². The number of aryl methyl sites for hydroxylation is 1. The van der Waals surface area contributed by atoms with Gasteiger partial charge in [-0.2, -0.15) is 5.10 Å². The Morgan fingerprint density at radius 3 is 3.10 bits per heavy atom. The van der Waals surface area contributed by atoms with Gasteiger partial charge in [0.25, 0.3) is 11.5 Å². The Morgan fingerprint density at radius 2 is 2.35 bits per heavy atom. The second kappa shape index (κ2) is 5.38. The van der Waals surface area contributed by atoms with Gasteiger partial charge in [-0.05, 0) is 37.0 Å². The number of H-pyrrole nitrogens is 1. The molecule has 20 heavy (non-hydrogen) atoms. The summed E-state index contributed by atoms with van der Waals surface area (Å²) in [5.41, 5.74) is 1.62. The molecule has 0 saturated heterocycles. The van der Waals surface area contributed by atoms with Crippen LogP contribution >= 0.6 is 22.9 Å². The molecule has 0 spiro atoms. The summed E-state index contributed by atoms with van der Waals surface area (Å²) < 4.78 is 0.597. The smallest absolute Gasteiger partial charge is 0.264 e. The molecular formula is C13H12ClN3O2S. The second-order valence-electron chi connectivity index (χ2n) is 4.72. The van der Waals surface area contributed by atoms with Crippen LogP contribution < -0.4 is 10.9 Å². The van der Waals surface area contributed by atoms with Crippen LogP contribution in [0.25, 0.3) is 0 Å². The van der Waals surface area contributed by atoms with Crippen molar-refractivity contribution in [2.24, 2.45) is 0 Å². The average Bonchev–Trinajstić information content (AvgIpc) is 2.85. The SMILES string of the molecule is O=C(N[C@H]1CCc2n[nH]c(=O)cc2C1)c1ccc(Cl)s1. The third-order valence-corrected chi connectivity index (χ3v) is 4.54. The molecule has 1 aliphatic carbocycles. The molecular weight excluding hydrogens is 298 g/mol. The summed E-state index contributed by atoms with van der Waals surface area (Å²) in [6.45, 7) is 0. The number of hydrogen-bond donors (Lipinski definition) is 2. The average molecular weight is 310 g/mol. The Labute approximate surface area is 124 Å². The molecule has 1 atom stereocenters. The third kappa shape index (κ3) is 2.76. The van der Waals surface area contributed by atoms with E-state index >= 15 is 0 Å². The lowest BCUT2D eigenvalue weighted by atomic mass is 9.92. The van der Waals surface area contributed by atoms with Crippen LogP contribution in [-0.2, 0) is 12.8 Å². The monoisotopic (exact) mass is 309 g/mol. The number of aromatic amines is 1. The molecule has 2 aromatic rings. The van der Waals surface area contributed by atoms with Crippen molar-refractivity contribution in [2.45, 2.75) is 25.3 Å². The van der Waals surface area contributed by atoms with Crippen molar-refractivity contribution in [3.63, 3.8) is 0 Å². The van der Waals surface area contributed by atoms with Gasteiger partial charge in [0.1, 0.15) is 0 Å². The number of halogens is 1. The molecule has 2 heterocycles. The maximum absolute atomic E-state index is 12.1. The summed E-state index contributed by atoms with van der Waals surface area (Å²) >= 11 is 7.08. The van der Waals surface area contributed by atoms with Gasteiger partial charge >= 0.3 is 0 Å². The number of rotatable bonds is 2. The van der Waals surface area contributed by atoms with Gasteiger partial charge in [-0.3, -0.25) is 9.59 Å². The number of nitrogens with one attached hydrogen (secondary N) is 2. The summed E-state index contributed by atoms with van der Waals surface area (Å²) in [5.74, 6) is -0.117. The van der Waals surface area contributed by atoms with Crippen LogP contribution in [0, 0.1) is 0 Å². The Bertz CT molecular complexity index is 710. The summed E-state index contributed by atoms with van der Waals surface area (Å²) in [7, 11) is 0. The first-order valence-electron chi connectivity index (χ1n) is 6.25. The Balaban J connectivity index is 1.71. The zero-order chi connectivity index (χ0) is 14.1. The Hall–Kier alpha value is -1.66. The van der Waals surface area contributed by atoms with Gasteiger partial charge in [0, 0.05) is 12.1 Å². The largest absolute Gasteiger partial charge is 0.348 e. The first-order chi connectivity index (χ1) is 9.61. The normalized spacial score (nSPS) is 17.6. The number of hydrogen-bond acceptors (Lipinski definition) is 4. The fraction of sp³-hybridized carbons (Fsp3) is 0.308. The van der Waals surface area contributed by atoms with Crippen molar-refractivity contribution in [3.05, 3.63) is 49.0 Å². The van der Waals surface area contributed by atoms with Crippen molar-refractivity contribution in [1.82, 2.24) is 15.5 Å². The first kappa shape index (κ1) is 13.3. The number of nitrogens with zero attached hydrogens (tertiary/aromatic N) is 1. The van der Waals surface area contributed by atoms with E-state index in [2.05, 4.69) is 15.5 Å². The minimum Gasteiger partial charge on any atom is -0.348 e. The van der Waals surface area contributed by atoms with Gasteiger partial charge < -0.3 is 5.32 Å². The maximum Gasteiger partial charge on any atom is 0.264 e. The third-order valence-electron chi connectivity index (χ3n) is 3.31. The second-order valence-corrected chi connectivity index (χ2v) is 6.44. The molecule has 3 rings (SSSR count). The highest BCUT2D eigenvalue weighted by atomic mass is 35.5. The lowest BCUT2D eigenvalue weighted by Crippen LogP contribution is -2.39. The molecule has 7 heteroatoms. The highest BCUT2D eigenvalue weighted by molar-refractivity contribution is 7.17. The predicted molar refractivity (Wildman–Crippen MR) is 77.5 cm³/mol. The van der Waals surface area contributed by atoms with Gasteiger partial charge in [-0.15, -0.1) is 11.3 Å². The fourth-order valence-electron chi connectivity index (χ4n) is 2.36. The van der Waals surface area contributed by atoms with E-state index in [0.717, 1.165) is 24.1 Å². The molecule has 0 aliphatic heterocycles. The summed E-state index contributed by atoms with van der Waals surface area (Å²) in [6.07, 6.45) is 2.20. The lowest BCUT2D eigenvalue weighted by molar-refractivity contribution is 0.0937. The number of carbonyl (C=O) groups excluding carboxylic acids is 1. The fourth-order valence-corrected chi connectivity index (χ4v) is 3.30. The molecule has 2 N–H and O–H groups in total. The first-order valence-corrected chi connectivity index (χ1v) is 7.45. The maximum atomic E-state index is 12.1. The molecule has 0 aromatic carbocycles. The van der Waals surface area contributed by atoms with Crippen LogP contribution in [0.3, 0.4) is 0 Å². The molecule has 5 nitrogen and oxygen atoms in total. The van der Waals surface area contributed by atoms with Crippen LogP contribution in [0.5, 0.6) is 0 Å². The van der Waals surface area contributed by atoms with E-state index in [9.17, 15) is 9.59 Å². The van der Waals surface area contributed by atoms with Gasteiger partial charge in [-0.25, -0.2) is 5.10 Å². The summed E-state index contributed by atoms with van der Waals surface area (Å²) in [5, 5.41) is 9.45. The summed E-state index contributed by atoms with van der Waals surface area (Å²) in [6, 6.07) is 5.01. The highest BCUT2D eigenvalue weighted by Gasteiger charge is 2.22. The Kier molecular flexibility index (Phi) is 3.58. The van der Waals surface area contributed by atoms with Crippen molar-refractivity contribution >= 4 is 28.8 Å². The van der Waals surface area contributed by atoms with Gasteiger partial charge in [0.05, 0.1) is 14.9 Å². The minimum atomic E-state index is -0.208. The lowest BCUT2D eigenvalue weighted by Gasteiger charge is -2.24. The predicted octanol–water partition coefficient (Wildman–Crippen LogP) is 1.77. The quantitative estimate of drug-likeness (QED) is 0.888. The number of fused-ring (bicyclic) bond motifs is 1. The standard InChI is InChI=1S/C13H12ClN3O2S/c14-11-4-3-10(20-11)13(19)15-8-1-2-9-7(5-8)6-12(18)17-16-9/h3-4,6,8H,1-2,5H2,(H,15,19)(H,17,18)/t8-/m0/s1. The van der Waals surface area contributed by atoms with E-state index < -0.39 is 0 Å². The number of thiophene rings is 1. The summed E-state index contributed by atoms with van der Waals surface area (Å²) in [4.78, 5) is 23.9. The van der Waals surface area contributed by atoms with E-state index in [1.807, 2.05) is 0 Å². The molecule has 1 aliphatic rings. The molecule has 0 radical (unpaired) electrons. The zero-order valence-corrected chi connectivity index (χ0v) is 12.1. The van der Waals surface area contributed by atoms with E-state index in [4.69, 9.17) is 11.6 Å². The topological polar surface area (TPSA) is 74.8 Å². The molecule has 0 saturated carbocycles. The van der Waals surface area contributed by atoms with E-state index in [-0.39, 0.29) is 17.5 Å². The van der Waals surface area contributed by atoms with Crippen LogP contribution in [0.2, 0.25) is 4.34 Å². The van der Waals surface area contributed by atoms with Crippen molar-refractivity contribution < 1.29 is 4.79 Å². The highest BCUT2D eigenvalue weighted by Crippen LogP contribution is 2.22. The van der Waals surface area contributed by atoms with E-state index in [0.29, 0.717) is 15.6 Å². The number of carbonyl (C=O) groups is 1. The van der Waals surface area contributed by atoms with Crippen LogP contribution in [0.1, 0.15) is 27.3 Å². The molecule has 0 fully saturated rings. The van der Waals surface area contributed by atoms with Crippen molar-refractivity contribution in [3.8, 4) is 0 Å². The van der Waals surface area contributed by atoms with Crippen molar-refractivity contribution in [2.75, 3.05) is 0 Å². The molecule has 1 amide bonds. The van der Waals surface area contributed by atoms with Gasteiger partial charge in [-0.1, -0.05) is 11.6 Å². The number of amides is 1. The van der Waals surface area contributed by atoms with Crippen LogP contribution in [-0.4, -0.2) is 22.1 Å². The van der Waals surface area contributed by atoms with Crippen LogP contribution in [0.4, 0.5) is 0 Å². The van der Waals surface area contributed by atoms with Gasteiger partial charge in [0.15, 0.2) is 0 Å². The minimum absolute atomic E-state index is 0.0273. The molecule has 2 aromatic heterocycles. The Morgan fingerprint density at radius 1 is 1.50 bits per heavy atom. The van der Waals surface area contributed by atoms with E-state index in [1.165, 1.54) is 11.3 Å². The van der Waals surface area contributed by atoms with E-state index in [1.54, 1.807) is 18.2 Å². The molecule has 0 bridgehead atoms. The molecule has 0 unspecified atom stereocenters. The molecule has 104 valence electrons. The van der Waals surface area contributed by atoms with Gasteiger partial charge in [0.2, 0.25) is 0 Å². The number of aromatic nitrogens is 2. The van der Waals surface area contributed by atoms with Crippen LogP contribution in [0.15, 0.2) is 23.0 Å². The zero-order valence-electron chi connectivity index (χ0n) is 10.5.